The smallest absolute Gasteiger partial charge is 0.0575 e. The lowest BCUT2D eigenvalue weighted by Gasteiger charge is -2.21. The molecule has 0 saturated heterocycles. The Morgan fingerprint density at radius 2 is 1.89 bits per heavy atom. The zero-order chi connectivity index (χ0) is 13.0. The fourth-order valence-electron chi connectivity index (χ4n) is 2.37. The first-order valence-electron chi connectivity index (χ1n) is 7.15. The van der Waals surface area contributed by atoms with Gasteiger partial charge in [0.05, 0.1) is 6.10 Å². The minimum atomic E-state index is -0.187. The first-order valence-corrected chi connectivity index (χ1v) is 7.15. The molecule has 1 aliphatic rings. The number of aliphatic hydroxyl groups is 1. The van der Waals surface area contributed by atoms with Gasteiger partial charge in [0.15, 0.2) is 0 Å². The van der Waals surface area contributed by atoms with Gasteiger partial charge in [-0.05, 0) is 43.2 Å². The molecule has 1 aromatic rings. The molecule has 2 unspecified atom stereocenters. The van der Waals surface area contributed by atoms with Gasteiger partial charge in [-0.1, -0.05) is 44.2 Å². The minimum absolute atomic E-state index is 0.187. The first kappa shape index (κ1) is 13.6. The Morgan fingerprint density at radius 1 is 1.22 bits per heavy atom. The topological polar surface area (TPSA) is 32.3 Å². The van der Waals surface area contributed by atoms with Crippen LogP contribution in [0.15, 0.2) is 30.3 Å². The van der Waals surface area contributed by atoms with Crippen molar-refractivity contribution in [3.05, 3.63) is 35.9 Å². The average Bonchev–Trinajstić information content (AvgIpc) is 3.19. The van der Waals surface area contributed by atoms with E-state index in [1.807, 2.05) is 0 Å². The van der Waals surface area contributed by atoms with Gasteiger partial charge in [0.2, 0.25) is 0 Å². The van der Waals surface area contributed by atoms with E-state index in [2.05, 4.69) is 49.5 Å². The summed E-state index contributed by atoms with van der Waals surface area (Å²) in [6.07, 6.45) is 3.32. The van der Waals surface area contributed by atoms with Crippen molar-refractivity contribution in [2.75, 3.05) is 6.54 Å². The van der Waals surface area contributed by atoms with Crippen LogP contribution in [0.3, 0.4) is 0 Å². The van der Waals surface area contributed by atoms with Gasteiger partial charge >= 0.3 is 0 Å². The molecule has 2 N–H and O–H groups in total. The fraction of sp³-hybridized carbons (Fsp3) is 0.625. The normalized spacial score (nSPS) is 18.9. The molecule has 2 atom stereocenters. The van der Waals surface area contributed by atoms with Crippen molar-refractivity contribution in [1.82, 2.24) is 5.32 Å². The Balaban J connectivity index is 1.84. The predicted octanol–water partition coefficient (Wildman–Crippen LogP) is 3.13. The van der Waals surface area contributed by atoms with E-state index >= 15 is 0 Å². The largest absolute Gasteiger partial charge is 0.393 e. The van der Waals surface area contributed by atoms with Gasteiger partial charge in [0, 0.05) is 6.04 Å². The zero-order valence-corrected chi connectivity index (χ0v) is 11.5. The highest BCUT2D eigenvalue weighted by molar-refractivity contribution is 5.21. The van der Waals surface area contributed by atoms with E-state index in [0.717, 1.165) is 18.9 Å². The summed E-state index contributed by atoms with van der Waals surface area (Å²) >= 11 is 0. The van der Waals surface area contributed by atoms with Crippen LogP contribution in [0.5, 0.6) is 0 Å². The predicted molar refractivity (Wildman–Crippen MR) is 75.4 cm³/mol. The number of nitrogens with one attached hydrogen (secondary N) is 1. The van der Waals surface area contributed by atoms with Crippen LogP contribution in [0.2, 0.25) is 0 Å². The van der Waals surface area contributed by atoms with Gasteiger partial charge in [0.25, 0.3) is 0 Å². The van der Waals surface area contributed by atoms with Crippen LogP contribution in [0, 0.1) is 11.8 Å². The molecular weight excluding hydrogens is 222 g/mol. The monoisotopic (exact) mass is 247 g/mol. The molecule has 2 nitrogen and oxygen atoms in total. The molecule has 1 fully saturated rings. The molecule has 0 bridgehead atoms. The number of benzene rings is 1. The summed E-state index contributed by atoms with van der Waals surface area (Å²) in [6.45, 7) is 5.04. The van der Waals surface area contributed by atoms with Crippen molar-refractivity contribution >= 4 is 0 Å². The molecule has 1 saturated carbocycles. The van der Waals surface area contributed by atoms with Crippen molar-refractivity contribution in [2.45, 2.75) is 45.3 Å². The molecule has 0 aromatic heterocycles. The minimum Gasteiger partial charge on any atom is -0.393 e. The maximum absolute atomic E-state index is 9.82. The quantitative estimate of drug-likeness (QED) is 0.776. The lowest BCUT2D eigenvalue weighted by atomic mass is 10.0. The number of hydrogen-bond donors (Lipinski definition) is 2. The summed E-state index contributed by atoms with van der Waals surface area (Å²) in [6, 6.07) is 11.2. The molecule has 0 heterocycles. The molecule has 2 rings (SSSR count). The summed E-state index contributed by atoms with van der Waals surface area (Å²) in [7, 11) is 0. The van der Waals surface area contributed by atoms with E-state index in [9.17, 15) is 5.11 Å². The maximum atomic E-state index is 9.82. The van der Waals surface area contributed by atoms with E-state index in [-0.39, 0.29) is 6.10 Å². The molecular formula is C16H25NO. The molecule has 0 spiro atoms. The average molecular weight is 247 g/mol. The van der Waals surface area contributed by atoms with Gasteiger partial charge in [-0.2, -0.15) is 0 Å². The molecule has 0 radical (unpaired) electrons. The van der Waals surface area contributed by atoms with Crippen LogP contribution in [0.1, 0.15) is 44.7 Å². The van der Waals surface area contributed by atoms with Crippen LogP contribution < -0.4 is 5.32 Å². The van der Waals surface area contributed by atoms with Crippen LogP contribution in [0.4, 0.5) is 0 Å². The van der Waals surface area contributed by atoms with Crippen molar-refractivity contribution in [3.8, 4) is 0 Å². The lowest BCUT2D eigenvalue weighted by Crippen LogP contribution is -2.28. The van der Waals surface area contributed by atoms with Crippen LogP contribution in [0.25, 0.3) is 0 Å². The van der Waals surface area contributed by atoms with Crippen LogP contribution in [-0.2, 0) is 0 Å². The van der Waals surface area contributed by atoms with Crippen molar-refractivity contribution in [3.63, 3.8) is 0 Å². The Hall–Kier alpha value is -0.860. The summed E-state index contributed by atoms with van der Waals surface area (Å²) in [5, 5.41) is 13.4. The third-order valence-electron chi connectivity index (χ3n) is 3.83. The molecule has 1 aliphatic carbocycles. The van der Waals surface area contributed by atoms with Gasteiger partial charge in [-0.15, -0.1) is 0 Å². The SMILES string of the molecule is CC(C)C(O)CCNC(c1ccccc1)C1CC1. The van der Waals surface area contributed by atoms with Crippen molar-refractivity contribution in [2.24, 2.45) is 11.8 Å². The van der Waals surface area contributed by atoms with E-state index < -0.39 is 0 Å². The van der Waals surface area contributed by atoms with Crippen molar-refractivity contribution in [1.29, 1.82) is 0 Å². The lowest BCUT2D eigenvalue weighted by molar-refractivity contribution is 0.115. The Bertz CT molecular complexity index is 345. The second-order valence-corrected chi connectivity index (χ2v) is 5.78. The standard InChI is InChI=1S/C16H25NO/c1-12(2)15(18)10-11-17-16(14-8-9-14)13-6-4-3-5-7-13/h3-7,12,14-18H,8-11H2,1-2H3. The third kappa shape index (κ3) is 3.82. The molecule has 2 heteroatoms. The summed E-state index contributed by atoms with van der Waals surface area (Å²) in [4.78, 5) is 0. The molecule has 0 amide bonds. The summed E-state index contributed by atoms with van der Waals surface area (Å²) in [5.41, 5.74) is 1.39. The first-order chi connectivity index (χ1) is 8.68. The third-order valence-corrected chi connectivity index (χ3v) is 3.83. The number of hydrogen-bond acceptors (Lipinski definition) is 2. The van der Waals surface area contributed by atoms with Crippen LogP contribution in [-0.4, -0.2) is 17.8 Å². The second-order valence-electron chi connectivity index (χ2n) is 5.78. The van der Waals surface area contributed by atoms with Gasteiger partial charge in [0.1, 0.15) is 0 Å². The highest BCUT2D eigenvalue weighted by Crippen LogP contribution is 2.40. The van der Waals surface area contributed by atoms with Crippen molar-refractivity contribution < 1.29 is 5.11 Å². The summed E-state index contributed by atoms with van der Waals surface area (Å²) < 4.78 is 0. The van der Waals surface area contributed by atoms with Crippen LogP contribution >= 0.6 is 0 Å². The second kappa shape index (κ2) is 6.35. The number of aliphatic hydroxyl groups excluding tert-OH is 1. The molecule has 18 heavy (non-hydrogen) atoms. The molecule has 0 aliphatic heterocycles. The summed E-state index contributed by atoms with van der Waals surface area (Å²) in [5.74, 6) is 1.14. The highest BCUT2D eigenvalue weighted by atomic mass is 16.3. The Morgan fingerprint density at radius 3 is 2.44 bits per heavy atom. The van der Waals surface area contributed by atoms with Gasteiger partial charge < -0.3 is 10.4 Å². The van der Waals surface area contributed by atoms with E-state index in [1.165, 1.54) is 18.4 Å². The molecule has 100 valence electrons. The Kier molecular flexibility index (Phi) is 4.79. The van der Waals surface area contributed by atoms with E-state index in [1.54, 1.807) is 0 Å². The van der Waals surface area contributed by atoms with Gasteiger partial charge in [-0.3, -0.25) is 0 Å². The Labute approximate surface area is 110 Å². The van der Waals surface area contributed by atoms with E-state index in [4.69, 9.17) is 0 Å². The zero-order valence-electron chi connectivity index (χ0n) is 11.5. The maximum Gasteiger partial charge on any atom is 0.0575 e. The van der Waals surface area contributed by atoms with Gasteiger partial charge in [-0.25, -0.2) is 0 Å². The number of rotatable bonds is 7. The highest BCUT2D eigenvalue weighted by Gasteiger charge is 2.31. The molecule has 1 aromatic carbocycles. The fourth-order valence-corrected chi connectivity index (χ4v) is 2.37. The van der Waals surface area contributed by atoms with E-state index in [0.29, 0.717) is 12.0 Å².